The molecule has 0 saturated heterocycles. The molecule has 4 heteroatoms. The molecule has 0 aromatic heterocycles. The molecule has 0 heterocycles. The number of halogens is 2. The summed E-state index contributed by atoms with van der Waals surface area (Å²) in [5, 5.41) is 0. The van der Waals surface area contributed by atoms with E-state index in [2.05, 4.69) is 6.92 Å². The molecule has 0 aliphatic rings. The van der Waals surface area contributed by atoms with Gasteiger partial charge in [0, 0.05) is 11.6 Å². The van der Waals surface area contributed by atoms with Crippen LogP contribution in [0.15, 0.2) is 0 Å². The van der Waals surface area contributed by atoms with Gasteiger partial charge in [-0.3, -0.25) is 0 Å². The average molecular weight is 474 g/mol. The second-order valence-corrected chi connectivity index (χ2v) is 7.81. The number of hydrogen-bond donors (Lipinski definition) is 2. The quantitative estimate of drug-likeness (QED) is 0.235. The molecule has 0 bridgehead atoms. The van der Waals surface area contributed by atoms with Crippen molar-refractivity contribution < 1.29 is 0 Å². The summed E-state index contributed by atoms with van der Waals surface area (Å²) in [7, 11) is 0. The van der Waals surface area contributed by atoms with Gasteiger partial charge in [0.25, 0.3) is 0 Å². The molecule has 0 aliphatic heterocycles. The Hall–Kier alpha value is 0.880. The largest absolute Gasteiger partial charge is 0.326 e. The zero-order chi connectivity index (χ0) is 16.7. The second-order valence-electron chi connectivity index (χ2n) is 7.81. The van der Waals surface area contributed by atoms with Crippen molar-refractivity contribution in [3.63, 3.8) is 0 Å². The van der Waals surface area contributed by atoms with Crippen LogP contribution in [0, 0.1) is 0 Å². The van der Waals surface area contributed by atoms with Crippen molar-refractivity contribution in [1.29, 1.82) is 0 Å². The summed E-state index contributed by atoms with van der Waals surface area (Å²) < 4.78 is 0. The number of unbranched alkanes of at least 4 members (excludes halogenated alkanes) is 13. The lowest BCUT2D eigenvalue weighted by atomic mass is 9.92. The maximum Gasteiger partial charge on any atom is 0.0250 e. The molecule has 0 saturated carbocycles. The lowest BCUT2D eigenvalue weighted by molar-refractivity contribution is 0.376. The van der Waals surface area contributed by atoms with Gasteiger partial charge < -0.3 is 11.5 Å². The van der Waals surface area contributed by atoms with Crippen molar-refractivity contribution in [2.24, 2.45) is 11.5 Å². The van der Waals surface area contributed by atoms with Crippen LogP contribution >= 0.6 is 34.0 Å². The summed E-state index contributed by atoms with van der Waals surface area (Å²) in [4.78, 5) is 0. The summed E-state index contributed by atoms with van der Waals surface area (Å²) >= 11 is 0. The van der Waals surface area contributed by atoms with Crippen molar-refractivity contribution in [2.45, 2.75) is 129 Å². The zero-order valence-corrected chi connectivity index (χ0v) is 20.1. The lowest BCUT2D eigenvalue weighted by Crippen LogP contribution is -2.50. The first-order chi connectivity index (χ1) is 10.5. The van der Waals surface area contributed by atoms with Crippen LogP contribution in [-0.2, 0) is 0 Å². The number of nitrogens with two attached hydrogens (primary N) is 2. The van der Waals surface area contributed by atoms with Gasteiger partial charge in [0.1, 0.15) is 0 Å². The van der Waals surface area contributed by atoms with Gasteiger partial charge in [0.2, 0.25) is 0 Å². The molecule has 0 fully saturated rings. The highest BCUT2D eigenvalue weighted by Crippen LogP contribution is 2.15. The highest BCUT2D eigenvalue weighted by molar-refractivity contribution is 8.93. The van der Waals surface area contributed by atoms with E-state index in [1.54, 1.807) is 0 Å². The van der Waals surface area contributed by atoms with Gasteiger partial charge in [0.05, 0.1) is 0 Å². The van der Waals surface area contributed by atoms with Crippen molar-refractivity contribution in [1.82, 2.24) is 0 Å². The van der Waals surface area contributed by atoms with Gasteiger partial charge in [-0.2, -0.15) is 0 Å². The molecule has 0 aliphatic carbocycles. The molecule has 0 aromatic carbocycles. The molecule has 4 N–H and O–H groups in total. The summed E-state index contributed by atoms with van der Waals surface area (Å²) in [6.45, 7) is 6.34. The highest BCUT2D eigenvalue weighted by atomic mass is 79.9. The van der Waals surface area contributed by atoms with Crippen LogP contribution in [0.25, 0.3) is 0 Å². The molecule has 1 atom stereocenters. The monoisotopic (exact) mass is 472 g/mol. The van der Waals surface area contributed by atoms with Crippen LogP contribution in [0.5, 0.6) is 0 Å². The minimum absolute atomic E-state index is 0. The van der Waals surface area contributed by atoms with E-state index in [9.17, 15) is 0 Å². The standard InChI is InChI=1S/C20H44N2.2BrH/c1-4-5-6-7-8-9-10-11-12-13-14-15-16-17-18-19(21)20(2,3)22;;/h19H,4-18,21-22H2,1-3H3;2*1H. The summed E-state index contributed by atoms with van der Waals surface area (Å²) in [5.74, 6) is 0. The van der Waals surface area contributed by atoms with Gasteiger partial charge in [-0.25, -0.2) is 0 Å². The minimum atomic E-state index is -0.226. The number of rotatable bonds is 16. The van der Waals surface area contributed by atoms with Crippen LogP contribution in [0.2, 0.25) is 0 Å². The fourth-order valence-electron chi connectivity index (χ4n) is 2.93. The summed E-state index contributed by atoms with van der Waals surface area (Å²) in [6.07, 6.45) is 20.7. The first-order valence-corrected chi connectivity index (χ1v) is 10.0. The lowest BCUT2D eigenvalue weighted by Gasteiger charge is -2.26. The molecule has 0 radical (unpaired) electrons. The Morgan fingerprint density at radius 2 is 0.917 bits per heavy atom. The SMILES string of the molecule is Br.Br.CCCCCCCCCCCCCCCCC(N)C(C)(C)N. The Labute approximate surface area is 173 Å². The molecular weight excluding hydrogens is 428 g/mol. The van der Waals surface area contributed by atoms with Crippen LogP contribution in [0.1, 0.15) is 117 Å². The third-order valence-electron chi connectivity index (χ3n) is 4.82. The molecule has 0 rings (SSSR count). The molecule has 0 spiro atoms. The average Bonchev–Trinajstić information content (AvgIpc) is 2.46. The minimum Gasteiger partial charge on any atom is -0.326 e. The predicted molar refractivity (Wildman–Crippen MR) is 122 cm³/mol. The van der Waals surface area contributed by atoms with Gasteiger partial charge >= 0.3 is 0 Å². The molecule has 1 unspecified atom stereocenters. The Kier molecular flexibility index (Phi) is 24.9. The number of hydrogen-bond acceptors (Lipinski definition) is 2. The molecule has 24 heavy (non-hydrogen) atoms. The summed E-state index contributed by atoms with van der Waals surface area (Å²) in [5.41, 5.74) is 11.9. The van der Waals surface area contributed by atoms with Crippen molar-refractivity contribution in [2.75, 3.05) is 0 Å². The van der Waals surface area contributed by atoms with E-state index in [1.807, 2.05) is 13.8 Å². The molecule has 0 amide bonds. The summed E-state index contributed by atoms with van der Waals surface area (Å²) in [6, 6.07) is 0.143. The smallest absolute Gasteiger partial charge is 0.0250 e. The Morgan fingerprint density at radius 1 is 0.625 bits per heavy atom. The van der Waals surface area contributed by atoms with E-state index in [1.165, 1.54) is 89.9 Å². The second kappa shape index (κ2) is 20.2. The normalized spacial score (nSPS) is 12.4. The topological polar surface area (TPSA) is 52.0 Å². The Bertz CT molecular complexity index is 230. The van der Waals surface area contributed by atoms with E-state index in [-0.39, 0.29) is 45.5 Å². The third kappa shape index (κ3) is 20.9. The van der Waals surface area contributed by atoms with Crippen LogP contribution < -0.4 is 11.5 Å². The third-order valence-corrected chi connectivity index (χ3v) is 4.82. The van der Waals surface area contributed by atoms with E-state index in [0.29, 0.717) is 0 Å². The van der Waals surface area contributed by atoms with Crippen LogP contribution in [0.4, 0.5) is 0 Å². The van der Waals surface area contributed by atoms with E-state index < -0.39 is 0 Å². The van der Waals surface area contributed by atoms with Gasteiger partial charge in [-0.15, -0.1) is 34.0 Å². The Balaban J connectivity index is -0.00000220. The highest BCUT2D eigenvalue weighted by Gasteiger charge is 2.19. The molecule has 150 valence electrons. The Morgan fingerprint density at radius 3 is 1.21 bits per heavy atom. The first-order valence-electron chi connectivity index (χ1n) is 10.0. The maximum absolute atomic E-state index is 6.07. The van der Waals surface area contributed by atoms with Crippen molar-refractivity contribution in [3.8, 4) is 0 Å². The van der Waals surface area contributed by atoms with E-state index >= 15 is 0 Å². The van der Waals surface area contributed by atoms with Crippen molar-refractivity contribution in [3.05, 3.63) is 0 Å². The van der Waals surface area contributed by atoms with Crippen LogP contribution in [0.3, 0.4) is 0 Å². The van der Waals surface area contributed by atoms with E-state index in [4.69, 9.17) is 11.5 Å². The molecule has 2 nitrogen and oxygen atoms in total. The molecular formula is C20H46Br2N2. The van der Waals surface area contributed by atoms with Gasteiger partial charge in [0.15, 0.2) is 0 Å². The first kappa shape index (κ1) is 29.6. The fraction of sp³-hybridized carbons (Fsp3) is 1.00. The fourth-order valence-corrected chi connectivity index (χ4v) is 2.93. The maximum atomic E-state index is 6.07. The predicted octanol–water partition coefficient (Wildman–Crippen LogP) is 7.08. The van der Waals surface area contributed by atoms with Gasteiger partial charge in [-0.1, -0.05) is 96.8 Å². The van der Waals surface area contributed by atoms with E-state index in [0.717, 1.165) is 6.42 Å². The van der Waals surface area contributed by atoms with Crippen molar-refractivity contribution >= 4 is 34.0 Å². The van der Waals surface area contributed by atoms with Gasteiger partial charge in [-0.05, 0) is 20.3 Å². The zero-order valence-electron chi connectivity index (χ0n) is 16.7. The molecule has 0 aromatic rings. The van der Waals surface area contributed by atoms with Crippen LogP contribution in [-0.4, -0.2) is 11.6 Å².